The van der Waals surface area contributed by atoms with Crippen molar-refractivity contribution in [3.63, 3.8) is 0 Å². The number of likely N-dealkylation sites (N-methyl/N-ethyl adjacent to an activating group) is 1. The van der Waals surface area contributed by atoms with Crippen LogP contribution in [-0.4, -0.2) is 56.8 Å². The van der Waals surface area contributed by atoms with Crippen molar-refractivity contribution in [2.24, 2.45) is 0 Å². The van der Waals surface area contributed by atoms with E-state index in [0.717, 1.165) is 45.8 Å². The summed E-state index contributed by atoms with van der Waals surface area (Å²) in [5, 5.41) is 14.5. The van der Waals surface area contributed by atoms with Crippen LogP contribution in [0.5, 0.6) is 51.7 Å². The van der Waals surface area contributed by atoms with Crippen molar-refractivity contribution in [1.29, 1.82) is 0 Å². The number of benzene rings is 4. The van der Waals surface area contributed by atoms with Crippen LogP contribution in [0.1, 0.15) is 33.4 Å². The van der Waals surface area contributed by atoms with Gasteiger partial charge in [0.15, 0.2) is 40.2 Å². The highest BCUT2D eigenvalue weighted by Crippen LogP contribution is 2.48. The molecule has 5 aliphatic heterocycles. The molecule has 0 spiro atoms. The molecule has 5 heterocycles. The zero-order valence-corrected chi connectivity index (χ0v) is 26.0. The molecule has 0 atom stereocenters. The van der Waals surface area contributed by atoms with Crippen molar-refractivity contribution in [1.82, 2.24) is 4.90 Å². The topological polar surface area (TPSA) is 84.7 Å². The Hall–Kier alpha value is -5.57. The smallest absolute Gasteiger partial charge is 0.231 e. The Labute approximate surface area is 266 Å². The highest BCUT2D eigenvalue weighted by Gasteiger charge is 2.30. The Kier molecular flexibility index (Phi) is 6.56. The first kappa shape index (κ1) is 27.9. The van der Waals surface area contributed by atoms with E-state index in [2.05, 4.69) is 10.7 Å². The molecular weight excluding hydrogens is 584 g/mol. The quantitative estimate of drug-likeness (QED) is 0.252. The van der Waals surface area contributed by atoms with Crippen LogP contribution in [0, 0.1) is 0 Å². The van der Waals surface area contributed by atoms with Gasteiger partial charge in [-0.25, -0.2) is 4.58 Å². The zero-order chi connectivity index (χ0) is 31.5. The van der Waals surface area contributed by atoms with Crippen molar-refractivity contribution in [2.75, 3.05) is 41.7 Å². The van der Waals surface area contributed by atoms with Gasteiger partial charge in [0.05, 0.1) is 20.6 Å². The number of ether oxygens (including phenoxy) is 6. The summed E-state index contributed by atoms with van der Waals surface area (Å²) in [4.78, 5) is 2.05. The predicted molar refractivity (Wildman–Crippen MR) is 172 cm³/mol. The molecule has 9 rings (SSSR count). The Morgan fingerprint density at radius 3 is 2.48 bits per heavy atom. The summed E-state index contributed by atoms with van der Waals surface area (Å²) in [5.41, 5.74) is 7.15. The third-order valence-electron chi connectivity index (χ3n) is 8.93. The highest BCUT2D eigenvalue weighted by atomic mass is 16.7. The van der Waals surface area contributed by atoms with Gasteiger partial charge >= 0.3 is 0 Å². The molecule has 0 saturated carbocycles. The maximum atomic E-state index is 14.5. The second-order valence-electron chi connectivity index (χ2n) is 11.7. The number of hydrogen-bond donors (Lipinski definition) is 0. The first-order chi connectivity index (χ1) is 22.4. The van der Waals surface area contributed by atoms with Crippen LogP contribution in [0.25, 0.3) is 17.8 Å². The van der Waals surface area contributed by atoms with Gasteiger partial charge in [0.2, 0.25) is 12.5 Å². The van der Waals surface area contributed by atoms with Gasteiger partial charge in [-0.15, -0.1) is 0 Å². The maximum Gasteiger partial charge on any atom is 0.231 e. The molecule has 4 aromatic carbocycles. The molecule has 5 aliphatic rings. The maximum absolute atomic E-state index is 14.5. The van der Waals surface area contributed by atoms with E-state index in [4.69, 9.17) is 28.4 Å². The molecule has 0 unspecified atom stereocenters. The second kappa shape index (κ2) is 10.8. The van der Waals surface area contributed by atoms with Gasteiger partial charge in [0, 0.05) is 36.5 Å². The van der Waals surface area contributed by atoms with Gasteiger partial charge in [0.1, 0.15) is 19.3 Å². The molecule has 0 aliphatic carbocycles. The summed E-state index contributed by atoms with van der Waals surface area (Å²) in [7, 11) is 7.15. The van der Waals surface area contributed by atoms with E-state index >= 15 is 0 Å². The SMILES string of the molecule is COc1cc2c3cc1Oc1c(OC)cc4c(c1[O-])C(=[N+](C)CC4)Cc1cc4c(c(c1)Oc1ccc(cc1)/C=C\3N(C)C=C2)OCO4. The lowest BCUT2D eigenvalue weighted by atomic mass is 9.91. The van der Waals surface area contributed by atoms with Gasteiger partial charge in [0.25, 0.3) is 0 Å². The summed E-state index contributed by atoms with van der Waals surface area (Å²) in [6, 6.07) is 17.6. The van der Waals surface area contributed by atoms with Crippen molar-refractivity contribution >= 4 is 23.6 Å². The number of nitrogens with zero attached hydrogens (tertiary/aromatic N) is 2. The largest absolute Gasteiger partial charge is 0.869 e. The summed E-state index contributed by atoms with van der Waals surface area (Å²) < 4.78 is 38.2. The summed E-state index contributed by atoms with van der Waals surface area (Å²) in [6.45, 7) is 0.861. The standard InChI is InChI=1S/C37H32N2O7/c1-38-11-9-23-17-29(41-3)30-19-26(23)27(38)13-21-5-7-25(8-6-21)45-33-16-22(15-32-36(33)44-20-43-32)14-28-34-24(10-12-39(28)2)18-31(42-4)37(46-30)35(34)40/h5-9,11,13,15-19H,10,12,14,20H2,1-4H3/b27-13+. The molecule has 0 radical (unpaired) electrons. The lowest BCUT2D eigenvalue weighted by Crippen LogP contribution is -2.30. The van der Waals surface area contributed by atoms with E-state index in [9.17, 15) is 5.11 Å². The fraction of sp³-hybridized carbons (Fsp3) is 0.216. The molecule has 0 amide bonds. The van der Waals surface area contributed by atoms with Gasteiger partial charge in [-0.3, -0.25) is 0 Å². The molecule has 46 heavy (non-hydrogen) atoms. The van der Waals surface area contributed by atoms with E-state index in [1.807, 2.05) is 85.9 Å². The average Bonchev–Trinajstić information content (AvgIpc) is 3.54. The first-order valence-electron chi connectivity index (χ1n) is 15.1. The third-order valence-corrected chi connectivity index (χ3v) is 8.93. The Morgan fingerprint density at radius 1 is 0.870 bits per heavy atom. The van der Waals surface area contributed by atoms with E-state index in [1.54, 1.807) is 14.2 Å². The highest BCUT2D eigenvalue weighted by molar-refractivity contribution is 6.03. The van der Waals surface area contributed by atoms with Crippen LogP contribution in [-0.2, 0) is 12.8 Å². The third kappa shape index (κ3) is 4.58. The minimum atomic E-state index is -0.240. The predicted octanol–water partition coefficient (Wildman–Crippen LogP) is 6.05. The molecule has 4 aromatic rings. The molecule has 9 nitrogen and oxygen atoms in total. The lowest BCUT2D eigenvalue weighted by molar-refractivity contribution is -0.499. The van der Waals surface area contributed by atoms with Crippen molar-refractivity contribution in [3.05, 3.63) is 94.2 Å². The second-order valence-corrected chi connectivity index (χ2v) is 11.7. The Balaban J connectivity index is 1.38. The van der Waals surface area contributed by atoms with Crippen LogP contribution in [0.4, 0.5) is 0 Å². The monoisotopic (exact) mass is 616 g/mol. The molecule has 0 N–H and O–H groups in total. The van der Waals surface area contributed by atoms with Crippen LogP contribution in [0.15, 0.2) is 60.8 Å². The molecular formula is C37H32N2O7. The molecule has 232 valence electrons. The van der Waals surface area contributed by atoms with E-state index in [0.29, 0.717) is 58.7 Å². The minimum absolute atomic E-state index is 0.111. The summed E-state index contributed by atoms with van der Waals surface area (Å²) in [6.07, 6.45) is 7.29. The number of rotatable bonds is 2. The van der Waals surface area contributed by atoms with Crippen LogP contribution >= 0.6 is 0 Å². The fourth-order valence-corrected chi connectivity index (χ4v) is 6.51. The Bertz CT molecular complexity index is 2010. The minimum Gasteiger partial charge on any atom is -0.869 e. The number of fused-ring (bicyclic) bond motifs is 3. The van der Waals surface area contributed by atoms with E-state index < -0.39 is 0 Å². The molecule has 8 bridgehead atoms. The first-order valence-corrected chi connectivity index (χ1v) is 15.1. The number of hydrogen-bond acceptors (Lipinski definition) is 8. The zero-order valence-electron chi connectivity index (χ0n) is 26.0. The van der Waals surface area contributed by atoms with Crippen LogP contribution in [0.3, 0.4) is 0 Å². The lowest BCUT2D eigenvalue weighted by Gasteiger charge is -2.28. The van der Waals surface area contributed by atoms with E-state index in [1.165, 1.54) is 0 Å². The van der Waals surface area contributed by atoms with Crippen LogP contribution in [0.2, 0.25) is 0 Å². The summed E-state index contributed by atoms with van der Waals surface area (Å²) in [5.74, 6) is 3.56. The van der Waals surface area contributed by atoms with Gasteiger partial charge in [-0.05, 0) is 82.6 Å². The molecule has 0 fully saturated rings. The van der Waals surface area contributed by atoms with Gasteiger partial charge < -0.3 is 38.4 Å². The van der Waals surface area contributed by atoms with Crippen molar-refractivity contribution < 1.29 is 38.1 Å². The molecule has 0 saturated heterocycles. The fourth-order valence-electron chi connectivity index (χ4n) is 6.51. The van der Waals surface area contributed by atoms with Gasteiger partial charge in [-0.1, -0.05) is 12.1 Å². The molecule has 9 heteroatoms. The average molecular weight is 617 g/mol. The van der Waals surface area contributed by atoms with Gasteiger partial charge in [-0.2, -0.15) is 0 Å². The molecule has 0 aromatic heterocycles. The Morgan fingerprint density at radius 2 is 1.67 bits per heavy atom. The summed E-state index contributed by atoms with van der Waals surface area (Å²) >= 11 is 0. The number of methoxy groups -OCH3 is 2. The normalized spacial score (nSPS) is 16.9. The van der Waals surface area contributed by atoms with E-state index in [-0.39, 0.29) is 18.3 Å². The van der Waals surface area contributed by atoms with Crippen molar-refractivity contribution in [3.8, 4) is 51.7 Å². The van der Waals surface area contributed by atoms with Crippen LogP contribution < -0.4 is 33.5 Å². The van der Waals surface area contributed by atoms with Crippen molar-refractivity contribution in [2.45, 2.75) is 12.8 Å².